The molecule has 1 aliphatic rings. The average molecular weight is 192 g/mol. The van der Waals surface area contributed by atoms with E-state index in [1.54, 1.807) is 5.56 Å². The maximum Gasteiger partial charge on any atom is -0.0162 e. The van der Waals surface area contributed by atoms with E-state index < -0.39 is 0 Å². The van der Waals surface area contributed by atoms with Gasteiger partial charge >= 0.3 is 0 Å². The fraction of sp³-hybridized carbons (Fsp3) is 0.500. The Morgan fingerprint density at radius 1 is 1.08 bits per heavy atom. The van der Waals surface area contributed by atoms with Crippen molar-refractivity contribution < 1.29 is 0 Å². The monoisotopic (exact) mass is 192 g/mol. The molecule has 1 heteroatoms. The minimum Gasteiger partial charge on any atom is -0.106 e. The molecule has 0 radical (unpaired) electrons. The molecule has 1 unspecified atom stereocenters. The molecule has 0 heterocycles. The second-order valence-electron chi connectivity index (χ2n) is 4.01. The molecule has 1 saturated carbocycles. The molecule has 1 aromatic rings. The van der Waals surface area contributed by atoms with Crippen LogP contribution in [-0.2, 0) is 0 Å². The zero-order valence-electron chi connectivity index (χ0n) is 8.00. The molecule has 0 aromatic heterocycles. The Morgan fingerprint density at radius 3 is 2.54 bits per heavy atom. The van der Waals surface area contributed by atoms with Crippen LogP contribution in [0.5, 0.6) is 0 Å². The van der Waals surface area contributed by atoms with Crippen molar-refractivity contribution in [2.24, 2.45) is 0 Å². The summed E-state index contributed by atoms with van der Waals surface area (Å²) in [7, 11) is 2.78. The van der Waals surface area contributed by atoms with Crippen molar-refractivity contribution in [3.8, 4) is 0 Å². The first-order valence-corrected chi connectivity index (χ1v) is 5.79. The van der Waals surface area contributed by atoms with Gasteiger partial charge in [-0.25, -0.2) is 0 Å². The third-order valence-electron chi connectivity index (χ3n) is 2.99. The molecule has 13 heavy (non-hydrogen) atoms. The molecule has 70 valence electrons. The summed E-state index contributed by atoms with van der Waals surface area (Å²) in [6.07, 6.45) is 7.08. The van der Waals surface area contributed by atoms with Gasteiger partial charge in [0.25, 0.3) is 0 Å². The summed E-state index contributed by atoms with van der Waals surface area (Å²) in [6.45, 7) is 0. The molecule has 1 atom stereocenters. The lowest BCUT2D eigenvalue weighted by Crippen LogP contribution is -2.06. The van der Waals surface area contributed by atoms with E-state index in [-0.39, 0.29) is 0 Å². The highest BCUT2D eigenvalue weighted by atomic mass is 31.0. The van der Waals surface area contributed by atoms with E-state index in [1.807, 2.05) is 0 Å². The van der Waals surface area contributed by atoms with E-state index in [2.05, 4.69) is 33.5 Å². The fourth-order valence-electron chi connectivity index (χ4n) is 2.25. The predicted molar refractivity (Wildman–Crippen MR) is 61.6 cm³/mol. The fourth-order valence-corrected chi connectivity index (χ4v) is 2.55. The first-order chi connectivity index (χ1) is 6.36. The highest BCUT2D eigenvalue weighted by Gasteiger charge is 2.14. The summed E-state index contributed by atoms with van der Waals surface area (Å²) in [6, 6.07) is 8.92. The quantitative estimate of drug-likeness (QED) is 0.599. The molecule has 0 nitrogen and oxygen atoms in total. The van der Waals surface area contributed by atoms with E-state index in [9.17, 15) is 0 Å². The summed E-state index contributed by atoms with van der Waals surface area (Å²) in [5.74, 6) is 0.842. The minimum absolute atomic E-state index is 0.842. The van der Waals surface area contributed by atoms with Gasteiger partial charge in [-0.2, -0.15) is 0 Å². The van der Waals surface area contributed by atoms with Crippen LogP contribution in [0.4, 0.5) is 0 Å². The second kappa shape index (κ2) is 4.24. The first kappa shape index (κ1) is 9.21. The normalized spacial score (nSPS) is 18.8. The minimum atomic E-state index is 0.842. The van der Waals surface area contributed by atoms with E-state index >= 15 is 0 Å². The maximum atomic E-state index is 2.78. The van der Waals surface area contributed by atoms with Gasteiger partial charge < -0.3 is 0 Å². The molecule has 0 saturated heterocycles. The van der Waals surface area contributed by atoms with Crippen LogP contribution in [0.1, 0.15) is 43.6 Å². The van der Waals surface area contributed by atoms with Crippen LogP contribution >= 0.6 is 9.24 Å². The van der Waals surface area contributed by atoms with Crippen LogP contribution in [0.3, 0.4) is 0 Å². The Bertz CT molecular complexity index is 274. The van der Waals surface area contributed by atoms with E-state index in [0.29, 0.717) is 0 Å². The highest BCUT2D eigenvalue weighted by Crippen LogP contribution is 2.32. The van der Waals surface area contributed by atoms with Crippen molar-refractivity contribution in [2.45, 2.75) is 38.0 Å². The van der Waals surface area contributed by atoms with Crippen LogP contribution in [-0.4, -0.2) is 0 Å². The molecule has 0 N–H and O–H groups in total. The zero-order valence-corrected chi connectivity index (χ0v) is 9.15. The van der Waals surface area contributed by atoms with Crippen LogP contribution in [0.2, 0.25) is 0 Å². The van der Waals surface area contributed by atoms with Crippen LogP contribution in [0, 0.1) is 0 Å². The molecule has 1 aliphatic carbocycles. The third kappa shape index (κ3) is 2.31. The van der Waals surface area contributed by atoms with Crippen molar-refractivity contribution in [3.05, 3.63) is 29.8 Å². The predicted octanol–water partition coefficient (Wildman–Crippen LogP) is 3.23. The molecule has 0 aliphatic heterocycles. The standard InChI is InChI=1S/C12H17P/c13-12-8-4-7-11(9-12)10-5-2-1-3-6-10/h4,7-10H,1-3,5-6,13H2. The number of hydrogen-bond acceptors (Lipinski definition) is 0. The molecule has 1 aromatic carbocycles. The summed E-state index contributed by atoms with van der Waals surface area (Å²) >= 11 is 0. The van der Waals surface area contributed by atoms with Gasteiger partial charge in [-0.15, -0.1) is 9.24 Å². The van der Waals surface area contributed by atoms with Gasteiger partial charge in [0.1, 0.15) is 0 Å². The molecule has 1 fully saturated rings. The van der Waals surface area contributed by atoms with Gasteiger partial charge in [0.05, 0.1) is 0 Å². The van der Waals surface area contributed by atoms with Crippen LogP contribution in [0.25, 0.3) is 0 Å². The molecule has 0 spiro atoms. The van der Waals surface area contributed by atoms with Gasteiger partial charge in [-0.1, -0.05) is 43.5 Å². The van der Waals surface area contributed by atoms with Crippen LogP contribution in [0.15, 0.2) is 24.3 Å². The van der Waals surface area contributed by atoms with Gasteiger partial charge in [-0.3, -0.25) is 0 Å². The molecule has 2 rings (SSSR count). The van der Waals surface area contributed by atoms with E-state index in [1.165, 1.54) is 37.4 Å². The van der Waals surface area contributed by atoms with Gasteiger partial charge in [0, 0.05) is 0 Å². The third-order valence-corrected chi connectivity index (χ3v) is 3.35. The number of hydrogen-bond donors (Lipinski definition) is 0. The Labute approximate surface area is 82.9 Å². The van der Waals surface area contributed by atoms with Crippen LogP contribution < -0.4 is 5.30 Å². The van der Waals surface area contributed by atoms with Gasteiger partial charge in [-0.05, 0) is 29.6 Å². The number of benzene rings is 1. The second-order valence-corrected chi connectivity index (χ2v) is 4.67. The maximum absolute atomic E-state index is 2.78. The number of rotatable bonds is 1. The first-order valence-electron chi connectivity index (χ1n) is 5.22. The van der Waals surface area contributed by atoms with E-state index in [4.69, 9.17) is 0 Å². The lowest BCUT2D eigenvalue weighted by molar-refractivity contribution is 0.444. The lowest BCUT2D eigenvalue weighted by atomic mass is 9.84. The van der Waals surface area contributed by atoms with Crippen molar-refractivity contribution >= 4 is 14.5 Å². The Hall–Kier alpha value is -0.350. The van der Waals surface area contributed by atoms with Crippen molar-refractivity contribution in [2.75, 3.05) is 0 Å². The zero-order chi connectivity index (χ0) is 9.10. The summed E-state index contributed by atoms with van der Waals surface area (Å²) in [4.78, 5) is 0. The Kier molecular flexibility index (Phi) is 3.01. The summed E-state index contributed by atoms with van der Waals surface area (Å²) < 4.78 is 0. The largest absolute Gasteiger partial charge is 0.106 e. The van der Waals surface area contributed by atoms with Crippen molar-refractivity contribution in [1.82, 2.24) is 0 Å². The summed E-state index contributed by atoms with van der Waals surface area (Å²) in [5, 5.41) is 1.32. The smallest absolute Gasteiger partial charge is 0.0162 e. The average Bonchev–Trinajstić information content (AvgIpc) is 2.19. The molecule has 0 bridgehead atoms. The molecular weight excluding hydrogens is 175 g/mol. The summed E-state index contributed by atoms with van der Waals surface area (Å²) in [5.41, 5.74) is 1.55. The highest BCUT2D eigenvalue weighted by molar-refractivity contribution is 7.27. The molecular formula is C12H17P. The lowest BCUT2D eigenvalue weighted by Gasteiger charge is -2.22. The topological polar surface area (TPSA) is 0 Å². The van der Waals surface area contributed by atoms with Gasteiger partial charge in [0.15, 0.2) is 0 Å². The van der Waals surface area contributed by atoms with Crippen molar-refractivity contribution in [3.63, 3.8) is 0 Å². The Morgan fingerprint density at radius 2 is 1.85 bits per heavy atom. The Balaban J connectivity index is 2.14. The SMILES string of the molecule is Pc1cccc(C2CCCCC2)c1. The van der Waals surface area contributed by atoms with E-state index in [0.717, 1.165) is 5.92 Å². The van der Waals surface area contributed by atoms with Crippen molar-refractivity contribution in [1.29, 1.82) is 0 Å². The molecule has 0 amide bonds. The van der Waals surface area contributed by atoms with Gasteiger partial charge in [0.2, 0.25) is 0 Å².